The lowest BCUT2D eigenvalue weighted by atomic mass is 9.99. The molecule has 0 aliphatic rings. The summed E-state index contributed by atoms with van der Waals surface area (Å²) in [5, 5.41) is 0. The standard InChI is InChI=1S/C39H57NO3/c1-33(2)21-13-8-6-4-3-5-7-9-20-28-38(42-30-35-24-16-11-17-25-35)39(43-31-36-26-18-12-19-27-36)37(40)32-41-29-34-22-14-10-15-23-34/h10-12,14-19,22-27,33,37-39H,3-9,13,20-21,28-32,40H2,1-2H3/t37-,38+,39-/m0/s1. The lowest BCUT2D eigenvalue weighted by molar-refractivity contribution is -0.108. The number of ether oxygens (including phenoxy) is 3. The highest BCUT2D eigenvalue weighted by atomic mass is 16.5. The molecule has 0 amide bonds. The van der Waals surface area contributed by atoms with Crippen LogP contribution in [0.5, 0.6) is 0 Å². The van der Waals surface area contributed by atoms with Crippen LogP contribution < -0.4 is 5.73 Å². The second-order valence-electron chi connectivity index (χ2n) is 12.4. The van der Waals surface area contributed by atoms with Gasteiger partial charge in [0.1, 0.15) is 6.10 Å². The molecule has 4 heteroatoms. The maximum Gasteiger partial charge on any atom is 0.101 e. The minimum absolute atomic E-state index is 0.111. The largest absolute Gasteiger partial charge is 0.375 e. The zero-order chi connectivity index (χ0) is 30.4. The van der Waals surface area contributed by atoms with Crippen LogP contribution in [-0.4, -0.2) is 24.9 Å². The highest BCUT2D eigenvalue weighted by Crippen LogP contribution is 2.21. The van der Waals surface area contributed by atoms with E-state index in [9.17, 15) is 0 Å². The summed E-state index contributed by atoms with van der Waals surface area (Å²) in [6.45, 7) is 6.64. The summed E-state index contributed by atoms with van der Waals surface area (Å²) in [6, 6.07) is 30.6. The zero-order valence-corrected chi connectivity index (χ0v) is 26.9. The zero-order valence-electron chi connectivity index (χ0n) is 26.9. The first-order valence-electron chi connectivity index (χ1n) is 16.8. The highest BCUT2D eigenvalue weighted by Gasteiger charge is 2.29. The van der Waals surface area contributed by atoms with Gasteiger partial charge in [0.2, 0.25) is 0 Å². The lowest BCUT2D eigenvalue weighted by Gasteiger charge is -2.32. The fourth-order valence-electron chi connectivity index (χ4n) is 5.51. The van der Waals surface area contributed by atoms with E-state index in [1.54, 1.807) is 0 Å². The van der Waals surface area contributed by atoms with Gasteiger partial charge in [-0.2, -0.15) is 0 Å². The summed E-state index contributed by atoms with van der Waals surface area (Å²) in [7, 11) is 0. The molecule has 0 saturated carbocycles. The predicted octanol–water partition coefficient (Wildman–Crippen LogP) is 9.65. The minimum Gasteiger partial charge on any atom is -0.375 e. The van der Waals surface area contributed by atoms with Crippen LogP contribution in [0.2, 0.25) is 0 Å². The maximum absolute atomic E-state index is 6.82. The molecule has 0 fully saturated rings. The highest BCUT2D eigenvalue weighted by molar-refractivity contribution is 5.15. The second kappa shape index (κ2) is 22.1. The average Bonchev–Trinajstić information content (AvgIpc) is 3.03. The molecule has 0 aliphatic carbocycles. The fourth-order valence-corrected chi connectivity index (χ4v) is 5.51. The average molecular weight is 588 g/mol. The third-order valence-corrected chi connectivity index (χ3v) is 8.07. The minimum atomic E-state index is -0.302. The van der Waals surface area contributed by atoms with Crippen LogP contribution in [0.25, 0.3) is 0 Å². The van der Waals surface area contributed by atoms with Crippen molar-refractivity contribution in [2.24, 2.45) is 11.7 Å². The van der Waals surface area contributed by atoms with E-state index < -0.39 is 0 Å². The summed E-state index contributed by atoms with van der Waals surface area (Å²) in [5.74, 6) is 0.834. The monoisotopic (exact) mass is 587 g/mol. The van der Waals surface area contributed by atoms with Gasteiger partial charge < -0.3 is 19.9 Å². The van der Waals surface area contributed by atoms with Crippen LogP contribution in [0, 0.1) is 5.92 Å². The van der Waals surface area contributed by atoms with Crippen molar-refractivity contribution in [3.05, 3.63) is 108 Å². The molecule has 0 bridgehead atoms. The Bertz CT molecular complexity index is 1040. The molecule has 43 heavy (non-hydrogen) atoms. The molecule has 0 unspecified atom stereocenters. The van der Waals surface area contributed by atoms with Gasteiger partial charge in [0.15, 0.2) is 0 Å². The van der Waals surface area contributed by atoms with Crippen LogP contribution >= 0.6 is 0 Å². The molecule has 4 nitrogen and oxygen atoms in total. The smallest absolute Gasteiger partial charge is 0.101 e. The van der Waals surface area contributed by atoms with Crippen LogP contribution in [0.15, 0.2) is 91.0 Å². The molecule has 0 aliphatic heterocycles. The fraction of sp³-hybridized carbons (Fsp3) is 0.538. The molecular weight excluding hydrogens is 530 g/mol. The Hall–Kier alpha value is -2.50. The summed E-state index contributed by atoms with van der Waals surface area (Å²) in [4.78, 5) is 0. The molecule has 236 valence electrons. The molecule has 3 aromatic carbocycles. The number of hydrogen-bond donors (Lipinski definition) is 1. The van der Waals surface area contributed by atoms with Gasteiger partial charge in [-0.25, -0.2) is 0 Å². The predicted molar refractivity (Wildman–Crippen MR) is 180 cm³/mol. The van der Waals surface area contributed by atoms with Gasteiger partial charge in [0.25, 0.3) is 0 Å². The van der Waals surface area contributed by atoms with Crippen molar-refractivity contribution in [1.82, 2.24) is 0 Å². The van der Waals surface area contributed by atoms with Crippen molar-refractivity contribution in [2.45, 2.75) is 123 Å². The van der Waals surface area contributed by atoms with Crippen LogP contribution in [0.1, 0.15) is 101 Å². The summed E-state index contributed by atoms with van der Waals surface area (Å²) >= 11 is 0. The third kappa shape index (κ3) is 15.7. The van der Waals surface area contributed by atoms with Crippen molar-refractivity contribution in [3.8, 4) is 0 Å². The van der Waals surface area contributed by atoms with Gasteiger partial charge in [0, 0.05) is 0 Å². The first-order valence-corrected chi connectivity index (χ1v) is 16.8. The normalized spacial score (nSPS) is 13.7. The van der Waals surface area contributed by atoms with Crippen LogP contribution in [0.4, 0.5) is 0 Å². The van der Waals surface area contributed by atoms with E-state index >= 15 is 0 Å². The number of hydrogen-bond acceptors (Lipinski definition) is 4. The van der Waals surface area contributed by atoms with Gasteiger partial charge >= 0.3 is 0 Å². The van der Waals surface area contributed by atoms with Gasteiger partial charge in [-0.3, -0.25) is 0 Å². The Morgan fingerprint density at radius 1 is 0.512 bits per heavy atom. The molecule has 0 spiro atoms. The SMILES string of the molecule is CC(C)CCCCCCCCCCC[C@@H](OCc1ccccc1)[C@@H](OCc1ccccc1)[C@@H](N)COCc1ccccc1. The third-order valence-electron chi connectivity index (χ3n) is 8.07. The maximum atomic E-state index is 6.82. The number of unbranched alkanes of at least 4 members (excludes halogenated alkanes) is 8. The molecule has 3 aromatic rings. The van der Waals surface area contributed by atoms with Crippen LogP contribution in [-0.2, 0) is 34.0 Å². The molecule has 3 atom stereocenters. The van der Waals surface area contributed by atoms with Crippen molar-refractivity contribution < 1.29 is 14.2 Å². The summed E-state index contributed by atoms with van der Waals surface area (Å²) < 4.78 is 19.3. The van der Waals surface area contributed by atoms with Gasteiger partial charge in [-0.1, -0.05) is 169 Å². The topological polar surface area (TPSA) is 53.7 Å². The molecule has 0 aromatic heterocycles. The molecule has 0 heterocycles. The second-order valence-corrected chi connectivity index (χ2v) is 12.4. The molecule has 0 radical (unpaired) electrons. The molecule has 2 N–H and O–H groups in total. The molecular formula is C39H57NO3. The van der Waals surface area contributed by atoms with Crippen LogP contribution in [0.3, 0.4) is 0 Å². The number of benzene rings is 3. The van der Waals surface area contributed by atoms with Gasteiger partial charge in [-0.15, -0.1) is 0 Å². The summed E-state index contributed by atoms with van der Waals surface area (Å²) in [5.41, 5.74) is 10.3. The van der Waals surface area contributed by atoms with Gasteiger partial charge in [-0.05, 0) is 29.0 Å². The Morgan fingerprint density at radius 3 is 1.42 bits per heavy atom. The Morgan fingerprint density at radius 2 is 0.930 bits per heavy atom. The quantitative estimate of drug-likeness (QED) is 0.106. The van der Waals surface area contributed by atoms with E-state index in [4.69, 9.17) is 19.9 Å². The number of rotatable bonds is 24. The van der Waals surface area contributed by atoms with E-state index in [-0.39, 0.29) is 18.2 Å². The van der Waals surface area contributed by atoms with E-state index in [0.717, 1.165) is 35.4 Å². The Kier molecular flexibility index (Phi) is 18.0. The van der Waals surface area contributed by atoms with Crippen molar-refractivity contribution in [1.29, 1.82) is 0 Å². The molecule has 0 saturated heterocycles. The molecule has 3 rings (SSSR count). The lowest BCUT2D eigenvalue weighted by Crippen LogP contribution is -2.48. The van der Waals surface area contributed by atoms with Crippen molar-refractivity contribution in [3.63, 3.8) is 0 Å². The Balaban J connectivity index is 1.54. The van der Waals surface area contributed by atoms with E-state index in [0.29, 0.717) is 26.4 Å². The first kappa shape index (κ1) is 35.0. The van der Waals surface area contributed by atoms with E-state index in [1.807, 2.05) is 42.5 Å². The Labute approximate surface area is 262 Å². The van der Waals surface area contributed by atoms with Crippen molar-refractivity contribution >= 4 is 0 Å². The van der Waals surface area contributed by atoms with E-state index in [2.05, 4.69) is 62.4 Å². The van der Waals surface area contributed by atoms with Crippen molar-refractivity contribution in [2.75, 3.05) is 6.61 Å². The summed E-state index contributed by atoms with van der Waals surface area (Å²) in [6.07, 6.45) is 13.7. The first-order chi connectivity index (χ1) is 21.1. The number of nitrogens with two attached hydrogens (primary N) is 1. The van der Waals surface area contributed by atoms with E-state index in [1.165, 1.54) is 57.8 Å². The van der Waals surface area contributed by atoms with Gasteiger partial charge in [0.05, 0.1) is 38.6 Å².